The molecule has 0 amide bonds. The number of hydrogen-bond donors (Lipinski definition) is 1. The number of nitrogens with one attached hydrogen (secondary N) is 1. The molecular weight excluding hydrogens is 330 g/mol. The zero-order valence-corrected chi connectivity index (χ0v) is 14.1. The number of anilines is 1. The van der Waals surface area contributed by atoms with Gasteiger partial charge in [0, 0.05) is 10.8 Å². The molecule has 1 N–H and O–H groups in total. The first-order chi connectivity index (χ1) is 11.5. The second-order valence-corrected chi connectivity index (χ2v) is 7.02. The first-order valence-electron chi connectivity index (χ1n) is 7.92. The maximum atomic E-state index is 11.3. The molecule has 0 radical (unpaired) electrons. The summed E-state index contributed by atoms with van der Waals surface area (Å²) in [6.07, 6.45) is 3.67. The maximum absolute atomic E-state index is 11.3. The Morgan fingerprint density at radius 2 is 2.00 bits per heavy atom. The Kier molecular flexibility index (Phi) is 4.66. The molecule has 0 aromatic carbocycles. The lowest BCUT2D eigenvalue weighted by molar-refractivity contribution is -0.308. The summed E-state index contributed by atoms with van der Waals surface area (Å²) >= 11 is 1.62. The Balaban J connectivity index is 1.99. The van der Waals surface area contributed by atoms with Crippen LogP contribution in [0.3, 0.4) is 0 Å². The van der Waals surface area contributed by atoms with Crippen LogP contribution in [0.15, 0.2) is 0 Å². The van der Waals surface area contributed by atoms with E-state index < -0.39 is 18.0 Å². The van der Waals surface area contributed by atoms with E-state index in [-0.39, 0.29) is 12.8 Å². The van der Waals surface area contributed by atoms with Gasteiger partial charge in [0.25, 0.3) is 0 Å². The van der Waals surface area contributed by atoms with Gasteiger partial charge in [0.1, 0.15) is 16.5 Å². The van der Waals surface area contributed by atoms with Crippen LogP contribution in [0.5, 0.6) is 0 Å². The standard InChI is InChI=1S/C16H19N3O4S/c1-8-17-14(19-10(16(22)23)6-7-12(20)21)13-9-4-2-3-5-11(9)24-15(13)18-8/h10H,2-7H2,1H3,(H,20,21)(H,22,23)(H,17,18,19)/p-2/t10-/m0/s1. The molecule has 0 saturated carbocycles. The number of carboxylic acids is 2. The average Bonchev–Trinajstić information content (AvgIpc) is 2.88. The molecule has 3 rings (SSSR count). The quantitative estimate of drug-likeness (QED) is 0.777. The van der Waals surface area contributed by atoms with Crippen LogP contribution in [0, 0.1) is 6.92 Å². The van der Waals surface area contributed by atoms with Gasteiger partial charge >= 0.3 is 0 Å². The number of carbonyl (C=O) groups excluding carboxylic acids is 2. The Morgan fingerprint density at radius 3 is 2.71 bits per heavy atom. The summed E-state index contributed by atoms with van der Waals surface area (Å²) in [5.41, 5.74) is 1.18. The lowest BCUT2D eigenvalue weighted by Gasteiger charge is -2.21. The van der Waals surface area contributed by atoms with Crippen molar-refractivity contribution < 1.29 is 19.8 Å². The Bertz CT molecular complexity index is 802. The highest BCUT2D eigenvalue weighted by Crippen LogP contribution is 2.38. The average molecular weight is 347 g/mol. The van der Waals surface area contributed by atoms with E-state index in [1.807, 2.05) is 0 Å². The second kappa shape index (κ2) is 6.72. The topological polar surface area (TPSA) is 118 Å². The van der Waals surface area contributed by atoms with Crippen LogP contribution in [-0.2, 0) is 22.4 Å². The van der Waals surface area contributed by atoms with Crippen molar-refractivity contribution in [3.05, 3.63) is 16.3 Å². The van der Waals surface area contributed by atoms with Crippen LogP contribution in [0.1, 0.15) is 41.9 Å². The molecule has 8 heteroatoms. The first kappa shape index (κ1) is 16.6. The van der Waals surface area contributed by atoms with Crippen molar-refractivity contribution in [2.75, 3.05) is 5.32 Å². The summed E-state index contributed by atoms with van der Waals surface area (Å²) in [7, 11) is 0. The fraction of sp³-hybridized carbons (Fsp3) is 0.500. The molecule has 0 bridgehead atoms. The molecule has 0 aliphatic heterocycles. The summed E-state index contributed by atoms with van der Waals surface area (Å²) in [5.74, 6) is -1.66. The van der Waals surface area contributed by atoms with E-state index >= 15 is 0 Å². The van der Waals surface area contributed by atoms with Crippen LogP contribution >= 0.6 is 11.3 Å². The number of aromatic nitrogens is 2. The summed E-state index contributed by atoms with van der Waals surface area (Å²) in [6.45, 7) is 1.75. The van der Waals surface area contributed by atoms with Crippen molar-refractivity contribution in [1.29, 1.82) is 0 Å². The minimum atomic E-state index is -1.36. The molecule has 1 atom stereocenters. The second-order valence-electron chi connectivity index (χ2n) is 5.94. The third kappa shape index (κ3) is 3.33. The van der Waals surface area contributed by atoms with E-state index in [0.717, 1.165) is 35.9 Å². The largest absolute Gasteiger partial charge is 0.550 e. The van der Waals surface area contributed by atoms with Gasteiger partial charge in [0.15, 0.2) is 0 Å². The third-order valence-electron chi connectivity index (χ3n) is 4.16. The summed E-state index contributed by atoms with van der Waals surface area (Å²) in [4.78, 5) is 32.9. The molecule has 1 aliphatic rings. The van der Waals surface area contributed by atoms with Gasteiger partial charge in [0.05, 0.1) is 17.4 Å². The molecule has 0 unspecified atom stereocenters. The highest BCUT2D eigenvalue weighted by Gasteiger charge is 2.22. The lowest BCUT2D eigenvalue weighted by Crippen LogP contribution is -2.42. The molecule has 0 spiro atoms. The van der Waals surface area contributed by atoms with E-state index in [2.05, 4.69) is 15.3 Å². The molecular formula is C16H17N3O4S-2. The first-order valence-corrected chi connectivity index (χ1v) is 8.73. The molecule has 2 aromatic rings. The minimum absolute atomic E-state index is 0.123. The van der Waals surface area contributed by atoms with Crippen molar-refractivity contribution in [1.82, 2.24) is 9.97 Å². The predicted octanol–water partition coefficient (Wildman–Crippen LogP) is -0.0610. The third-order valence-corrected chi connectivity index (χ3v) is 5.34. The summed E-state index contributed by atoms with van der Waals surface area (Å²) in [6, 6.07) is -1.14. The number of aryl methyl sites for hydroxylation is 3. The smallest absolute Gasteiger partial charge is 0.139 e. The summed E-state index contributed by atoms with van der Waals surface area (Å²) in [5, 5.41) is 25.7. The van der Waals surface area contributed by atoms with Gasteiger partial charge < -0.3 is 25.1 Å². The molecule has 0 fully saturated rings. The van der Waals surface area contributed by atoms with Crippen molar-refractivity contribution in [2.45, 2.75) is 51.5 Å². The van der Waals surface area contributed by atoms with Crippen LogP contribution in [0.25, 0.3) is 10.2 Å². The molecule has 24 heavy (non-hydrogen) atoms. The Morgan fingerprint density at radius 1 is 1.25 bits per heavy atom. The number of hydrogen-bond acceptors (Lipinski definition) is 8. The predicted molar refractivity (Wildman–Crippen MR) is 85.5 cm³/mol. The molecule has 7 nitrogen and oxygen atoms in total. The number of thiophene rings is 1. The van der Waals surface area contributed by atoms with Crippen LogP contribution in [0.2, 0.25) is 0 Å². The molecule has 128 valence electrons. The van der Waals surface area contributed by atoms with Gasteiger partial charge in [-0.2, -0.15) is 0 Å². The van der Waals surface area contributed by atoms with Crippen LogP contribution < -0.4 is 15.5 Å². The molecule has 0 saturated heterocycles. The number of aliphatic carboxylic acids is 2. The number of carbonyl (C=O) groups is 2. The lowest BCUT2D eigenvalue weighted by atomic mass is 9.97. The normalized spacial score (nSPS) is 15.0. The highest BCUT2D eigenvalue weighted by molar-refractivity contribution is 7.19. The van der Waals surface area contributed by atoms with E-state index in [4.69, 9.17) is 0 Å². The fourth-order valence-corrected chi connectivity index (χ4v) is 4.35. The fourth-order valence-electron chi connectivity index (χ4n) is 3.04. The van der Waals surface area contributed by atoms with Crippen molar-refractivity contribution in [2.24, 2.45) is 0 Å². The highest BCUT2D eigenvalue weighted by atomic mass is 32.1. The van der Waals surface area contributed by atoms with E-state index in [1.54, 1.807) is 18.3 Å². The van der Waals surface area contributed by atoms with Crippen LogP contribution in [0.4, 0.5) is 5.82 Å². The molecule has 2 heterocycles. The van der Waals surface area contributed by atoms with E-state index in [1.165, 1.54) is 10.4 Å². The van der Waals surface area contributed by atoms with Gasteiger partial charge in [-0.3, -0.25) is 0 Å². The molecule has 1 aliphatic carbocycles. The summed E-state index contributed by atoms with van der Waals surface area (Å²) < 4.78 is 0. The van der Waals surface area contributed by atoms with Crippen molar-refractivity contribution in [3.63, 3.8) is 0 Å². The monoisotopic (exact) mass is 347 g/mol. The van der Waals surface area contributed by atoms with Gasteiger partial charge in [-0.1, -0.05) is 0 Å². The minimum Gasteiger partial charge on any atom is -0.550 e. The number of fused-ring (bicyclic) bond motifs is 3. The van der Waals surface area contributed by atoms with E-state index in [9.17, 15) is 19.8 Å². The Labute approximate surface area is 142 Å². The SMILES string of the molecule is Cc1nc(N[C@@H](CCC(=O)[O-])C(=O)[O-])c2c3c(sc2n1)CCCC3. The van der Waals surface area contributed by atoms with Crippen LogP contribution in [-0.4, -0.2) is 27.9 Å². The number of nitrogens with zero attached hydrogens (tertiary/aromatic N) is 2. The zero-order valence-electron chi connectivity index (χ0n) is 13.3. The van der Waals surface area contributed by atoms with Crippen molar-refractivity contribution >= 4 is 39.3 Å². The van der Waals surface area contributed by atoms with Gasteiger partial charge in [-0.05, 0) is 51.0 Å². The van der Waals surface area contributed by atoms with Gasteiger partial charge in [0.2, 0.25) is 0 Å². The number of carboxylic acid groups (broad SMARTS) is 2. The number of rotatable bonds is 6. The van der Waals surface area contributed by atoms with Crippen molar-refractivity contribution in [3.8, 4) is 0 Å². The zero-order chi connectivity index (χ0) is 17.3. The van der Waals surface area contributed by atoms with Gasteiger partial charge in [-0.25, -0.2) is 9.97 Å². The Hall–Kier alpha value is -2.22. The maximum Gasteiger partial charge on any atom is 0.139 e. The molecule has 2 aromatic heterocycles. The van der Waals surface area contributed by atoms with Gasteiger partial charge in [-0.15, -0.1) is 11.3 Å². The van der Waals surface area contributed by atoms with E-state index in [0.29, 0.717) is 11.6 Å².